The fraction of sp³-hybridized carbons (Fsp3) is 0.615. The third-order valence-corrected chi connectivity index (χ3v) is 3.27. The number of nitrogens with zero attached hydrogens (tertiary/aromatic N) is 3. The van der Waals surface area contributed by atoms with Gasteiger partial charge in [-0.05, 0) is 25.3 Å². The lowest BCUT2D eigenvalue weighted by molar-refractivity contribution is -0.131. The SMILES string of the molecule is CC(C)C[C@@]1(C)NC(=O)N(CCn2cccn2)C1=O. The quantitative estimate of drug-likeness (QED) is 0.814. The van der Waals surface area contributed by atoms with Crippen molar-refractivity contribution in [2.75, 3.05) is 6.54 Å². The van der Waals surface area contributed by atoms with Gasteiger partial charge < -0.3 is 5.32 Å². The average molecular weight is 264 g/mol. The molecule has 1 aliphatic rings. The largest absolute Gasteiger partial charge is 0.325 e. The van der Waals surface area contributed by atoms with E-state index in [0.717, 1.165) is 0 Å². The molecule has 0 aromatic carbocycles. The van der Waals surface area contributed by atoms with E-state index in [-0.39, 0.29) is 11.9 Å². The number of imide groups is 1. The highest BCUT2D eigenvalue weighted by Gasteiger charge is 2.47. The van der Waals surface area contributed by atoms with Gasteiger partial charge in [-0.2, -0.15) is 5.10 Å². The maximum absolute atomic E-state index is 12.3. The molecule has 0 bridgehead atoms. The normalized spacial score (nSPS) is 23.3. The molecule has 1 aromatic rings. The zero-order valence-electron chi connectivity index (χ0n) is 11.6. The topological polar surface area (TPSA) is 67.2 Å². The number of rotatable bonds is 5. The Labute approximate surface area is 112 Å². The fourth-order valence-corrected chi connectivity index (χ4v) is 2.54. The molecule has 0 spiro atoms. The van der Waals surface area contributed by atoms with Gasteiger partial charge in [0.25, 0.3) is 5.91 Å². The monoisotopic (exact) mass is 264 g/mol. The van der Waals surface area contributed by atoms with Crippen molar-refractivity contribution in [2.45, 2.75) is 39.3 Å². The Morgan fingerprint density at radius 3 is 2.68 bits per heavy atom. The van der Waals surface area contributed by atoms with E-state index < -0.39 is 5.54 Å². The summed E-state index contributed by atoms with van der Waals surface area (Å²) < 4.78 is 1.71. The van der Waals surface area contributed by atoms with Crippen LogP contribution in [0.4, 0.5) is 4.79 Å². The van der Waals surface area contributed by atoms with Gasteiger partial charge >= 0.3 is 6.03 Å². The number of carbonyl (C=O) groups excluding carboxylic acids is 2. The first-order valence-corrected chi connectivity index (χ1v) is 6.54. The van der Waals surface area contributed by atoms with Crippen LogP contribution in [0.15, 0.2) is 18.5 Å². The van der Waals surface area contributed by atoms with Gasteiger partial charge in [0.1, 0.15) is 5.54 Å². The number of hydrogen-bond donors (Lipinski definition) is 1. The molecule has 1 saturated heterocycles. The van der Waals surface area contributed by atoms with Crippen LogP contribution < -0.4 is 5.32 Å². The van der Waals surface area contributed by atoms with Crippen molar-refractivity contribution in [3.05, 3.63) is 18.5 Å². The van der Waals surface area contributed by atoms with Gasteiger partial charge in [-0.3, -0.25) is 14.4 Å². The third kappa shape index (κ3) is 2.77. The van der Waals surface area contributed by atoms with E-state index in [1.807, 2.05) is 26.1 Å². The van der Waals surface area contributed by atoms with Gasteiger partial charge in [-0.15, -0.1) is 0 Å². The summed E-state index contributed by atoms with van der Waals surface area (Å²) in [5, 5.41) is 6.86. The average Bonchev–Trinajstić information content (AvgIpc) is 2.86. The predicted molar refractivity (Wildman–Crippen MR) is 70.3 cm³/mol. The standard InChI is InChI=1S/C13H20N4O2/c1-10(2)9-13(3)11(18)17(12(19)15-13)8-7-16-6-4-5-14-16/h4-6,10H,7-9H2,1-3H3,(H,15,19)/t13-/m1/s1. The van der Waals surface area contributed by atoms with E-state index in [9.17, 15) is 9.59 Å². The molecule has 1 atom stereocenters. The molecule has 1 aromatic heterocycles. The van der Waals surface area contributed by atoms with Crippen molar-refractivity contribution >= 4 is 11.9 Å². The van der Waals surface area contributed by atoms with Crippen LogP contribution in [-0.2, 0) is 11.3 Å². The Morgan fingerprint density at radius 1 is 1.37 bits per heavy atom. The van der Waals surface area contributed by atoms with E-state index in [1.165, 1.54) is 4.90 Å². The second-order valence-electron chi connectivity index (χ2n) is 5.59. The highest BCUT2D eigenvalue weighted by Crippen LogP contribution is 2.24. The minimum absolute atomic E-state index is 0.140. The van der Waals surface area contributed by atoms with Crippen LogP contribution in [0.1, 0.15) is 27.2 Å². The Hall–Kier alpha value is -1.85. The summed E-state index contributed by atoms with van der Waals surface area (Å²) >= 11 is 0. The zero-order valence-corrected chi connectivity index (χ0v) is 11.6. The first-order chi connectivity index (χ1) is 8.92. The molecule has 3 amide bonds. The van der Waals surface area contributed by atoms with Crippen LogP contribution in [-0.4, -0.2) is 38.7 Å². The maximum atomic E-state index is 12.3. The molecule has 6 nitrogen and oxygen atoms in total. The summed E-state index contributed by atoms with van der Waals surface area (Å²) in [6, 6.07) is 1.51. The van der Waals surface area contributed by atoms with Gasteiger partial charge in [0, 0.05) is 12.4 Å². The minimum Gasteiger partial charge on any atom is -0.323 e. The smallest absolute Gasteiger partial charge is 0.323 e. The van der Waals surface area contributed by atoms with Crippen LogP contribution in [0.25, 0.3) is 0 Å². The van der Waals surface area contributed by atoms with Crippen molar-refractivity contribution in [1.82, 2.24) is 20.0 Å². The lowest BCUT2D eigenvalue weighted by Crippen LogP contribution is -2.45. The molecule has 1 fully saturated rings. The van der Waals surface area contributed by atoms with Gasteiger partial charge in [0.15, 0.2) is 0 Å². The van der Waals surface area contributed by atoms with E-state index >= 15 is 0 Å². The summed E-state index contributed by atoms with van der Waals surface area (Å²) in [5.74, 6) is 0.207. The molecule has 6 heteroatoms. The number of urea groups is 1. The molecular formula is C13H20N4O2. The lowest BCUT2D eigenvalue weighted by Gasteiger charge is -2.23. The molecule has 104 valence electrons. The first kappa shape index (κ1) is 13.6. The van der Waals surface area contributed by atoms with Crippen LogP contribution in [0.2, 0.25) is 0 Å². The summed E-state index contributed by atoms with van der Waals surface area (Å²) in [7, 11) is 0. The Bertz CT molecular complexity index is 469. The first-order valence-electron chi connectivity index (χ1n) is 6.54. The van der Waals surface area contributed by atoms with Gasteiger partial charge in [0.2, 0.25) is 0 Å². The maximum Gasteiger partial charge on any atom is 0.325 e. The molecule has 2 rings (SSSR count). The fourth-order valence-electron chi connectivity index (χ4n) is 2.54. The number of hydrogen-bond acceptors (Lipinski definition) is 3. The summed E-state index contributed by atoms with van der Waals surface area (Å²) in [5.41, 5.74) is -0.768. The molecule has 0 saturated carbocycles. The van der Waals surface area contributed by atoms with Crippen molar-refractivity contribution in [2.24, 2.45) is 5.92 Å². The summed E-state index contributed by atoms with van der Waals surface area (Å²) in [6.07, 6.45) is 4.14. The summed E-state index contributed by atoms with van der Waals surface area (Å²) in [4.78, 5) is 25.5. The van der Waals surface area contributed by atoms with E-state index in [1.54, 1.807) is 17.8 Å². The van der Waals surface area contributed by atoms with Crippen LogP contribution in [0.5, 0.6) is 0 Å². The van der Waals surface area contributed by atoms with E-state index in [0.29, 0.717) is 25.4 Å². The van der Waals surface area contributed by atoms with Crippen LogP contribution >= 0.6 is 0 Å². The van der Waals surface area contributed by atoms with Crippen LogP contribution in [0.3, 0.4) is 0 Å². The second kappa shape index (κ2) is 5.03. The lowest BCUT2D eigenvalue weighted by atomic mass is 9.91. The highest BCUT2D eigenvalue weighted by molar-refractivity contribution is 6.06. The number of carbonyl (C=O) groups is 2. The van der Waals surface area contributed by atoms with E-state index in [2.05, 4.69) is 10.4 Å². The molecule has 2 heterocycles. The molecule has 0 radical (unpaired) electrons. The Kier molecular flexibility index (Phi) is 3.59. The Balaban J connectivity index is 2.02. The van der Waals surface area contributed by atoms with Crippen molar-refractivity contribution in [3.8, 4) is 0 Å². The van der Waals surface area contributed by atoms with Crippen molar-refractivity contribution in [1.29, 1.82) is 0 Å². The van der Waals surface area contributed by atoms with Crippen molar-refractivity contribution < 1.29 is 9.59 Å². The molecule has 0 aliphatic carbocycles. The highest BCUT2D eigenvalue weighted by atomic mass is 16.2. The van der Waals surface area contributed by atoms with Crippen molar-refractivity contribution in [3.63, 3.8) is 0 Å². The van der Waals surface area contributed by atoms with Crippen LogP contribution in [0, 0.1) is 5.92 Å². The molecule has 1 N–H and O–H groups in total. The number of amides is 3. The second-order valence-corrected chi connectivity index (χ2v) is 5.59. The molecule has 19 heavy (non-hydrogen) atoms. The zero-order chi connectivity index (χ0) is 14.0. The van der Waals surface area contributed by atoms with Gasteiger partial charge in [0.05, 0.1) is 13.1 Å². The van der Waals surface area contributed by atoms with Gasteiger partial charge in [-0.25, -0.2) is 4.79 Å². The third-order valence-electron chi connectivity index (χ3n) is 3.27. The Morgan fingerprint density at radius 2 is 2.11 bits per heavy atom. The van der Waals surface area contributed by atoms with E-state index in [4.69, 9.17) is 0 Å². The number of aromatic nitrogens is 2. The predicted octanol–water partition coefficient (Wildman–Crippen LogP) is 1.24. The van der Waals surface area contributed by atoms with Gasteiger partial charge in [-0.1, -0.05) is 13.8 Å². The molecule has 0 unspecified atom stereocenters. The molecular weight excluding hydrogens is 244 g/mol. The minimum atomic E-state index is -0.768. The molecule has 1 aliphatic heterocycles. The summed E-state index contributed by atoms with van der Waals surface area (Å²) in [6.45, 7) is 6.74. The number of nitrogens with one attached hydrogen (secondary N) is 1.